The van der Waals surface area contributed by atoms with Crippen molar-refractivity contribution in [3.8, 4) is 17.5 Å². The molecule has 49 heavy (non-hydrogen) atoms. The molecule has 3 heterocycles. The van der Waals surface area contributed by atoms with Crippen LogP contribution < -0.4 is 10.6 Å². The Morgan fingerprint density at radius 1 is 0.714 bits per heavy atom. The smallest absolute Gasteiger partial charge is 0.356 e. The van der Waals surface area contributed by atoms with E-state index in [9.17, 15) is 19.2 Å². The monoisotopic (exact) mass is 663 g/mol. The van der Waals surface area contributed by atoms with E-state index < -0.39 is 23.8 Å². The van der Waals surface area contributed by atoms with Gasteiger partial charge in [-0.15, -0.1) is 10.2 Å². The predicted molar refractivity (Wildman–Crippen MR) is 169 cm³/mol. The van der Waals surface area contributed by atoms with Crippen molar-refractivity contribution in [2.75, 3.05) is 14.2 Å². The highest BCUT2D eigenvalue weighted by Gasteiger charge is 2.18. The fourth-order valence-electron chi connectivity index (χ4n) is 4.15. The van der Waals surface area contributed by atoms with Crippen molar-refractivity contribution < 1.29 is 28.7 Å². The summed E-state index contributed by atoms with van der Waals surface area (Å²) in [5.41, 5.74) is 3.26. The third kappa shape index (κ3) is 9.29. The van der Waals surface area contributed by atoms with Gasteiger partial charge < -0.3 is 20.1 Å². The number of ether oxygens (including phenoxy) is 2. The van der Waals surface area contributed by atoms with Crippen LogP contribution in [0.4, 0.5) is 0 Å². The number of methoxy groups -OCH3 is 2. The maximum absolute atomic E-state index is 12.4. The lowest BCUT2D eigenvalue weighted by atomic mass is 10.1. The number of rotatable bonds is 9. The van der Waals surface area contributed by atoms with Crippen LogP contribution in [-0.4, -0.2) is 78.5 Å². The molecular formula is C32H29N11O6. The predicted octanol–water partition coefficient (Wildman–Crippen LogP) is 2.56. The Morgan fingerprint density at radius 3 is 1.57 bits per heavy atom. The first-order chi connectivity index (χ1) is 23.6. The minimum absolute atomic E-state index is 0.0127. The molecule has 0 spiro atoms. The van der Waals surface area contributed by atoms with Crippen molar-refractivity contribution in [1.29, 1.82) is 5.26 Å². The van der Waals surface area contributed by atoms with Crippen LogP contribution in [0.3, 0.4) is 0 Å². The molecule has 3 N–H and O–H groups in total. The average Bonchev–Trinajstić information content (AvgIpc) is 3.70. The highest BCUT2D eigenvalue weighted by molar-refractivity contribution is 5.96. The van der Waals surface area contributed by atoms with Crippen LogP contribution in [0.25, 0.3) is 11.4 Å². The summed E-state index contributed by atoms with van der Waals surface area (Å²) in [6.45, 7) is 3.64. The summed E-state index contributed by atoms with van der Waals surface area (Å²) < 4.78 is 9.14. The van der Waals surface area contributed by atoms with E-state index in [4.69, 9.17) is 5.26 Å². The van der Waals surface area contributed by atoms with Gasteiger partial charge in [0.2, 0.25) is 5.82 Å². The van der Waals surface area contributed by atoms with Crippen LogP contribution >= 0.6 is 0 Å². The van der Waals surface area contributed by atoms with Gasteiger partial charge in [-0.05, 0) is 42.3 Å². The highest BCUT2D eigenvalue weighted by atomic mass is 16.5. The Bertz CT molecular complexity index is 1960. The van der Waals surface area contributed by atoms with Gasteiger partial charge in [-0.1, -0.05) is 36.4 Å². The van der Waals surface area contributed by atoms with Gasteiger partial charge in [-0.2, -0.15) is 10.5 Å². The van der Waals surface area contributed by atoms with Gasteiger partial charge in [0, 0.05) is 17.7 Å². The first-order valence-electron chi connectivity index (χ1n) is 14.4. The third-order valence-corrected chi connectivity index (χ3v) is 6.84. The summed E-state index contributed by atoms with van der Waals surface area (Å²) in [6, 6.07) is 18.3. The van der Waals surface area contributed by atoms with Gasteiger partial charge in [0.15, 0.2) is 11.4 Å². The standard InChI is InChI=1S/C16H15N7O3.C16H14N4O3/c1-9(10-3-5-11(6-4-10)14-20-22-23-21-14)19-15(24)12-7-13(16(25)26-2)18-8-17-12;1-10(12-5-3-11(8-17)4-6-12)20-15(21)13-7-14(16(22)23-2)19-9-18-13/h3-9H,1-2H3,(H,19,24)(H,20,21,22,23);3-7,9-10H,1-2H3,(H,20,21)/t9-;10-/m00/s1. The summed E-state index contributed by atoms with van der Waals surface area (Å²) in [4.78, 5) is 62.8. The van der Waals surface area contributed by atoms with E-state index >= 15 is 0 Å². The number of esters is 2. The summed E-state index contributed by atoms with van der Waals surface area (Å²) in [6.07, 6.45) is 2.28. The molecule has 17 heteroatoms. The Hall–Kier alpha value is -6.96. The highest BCUT2D eigenvalue weighted by Crippen LogP contribution is 2.19. The van der Waals surface area contributed by atoms with Gasteiger partial charge in [0.25, 0.3) is 11.8 Å². The molecule has 5 aromatic rings. The molecule has 2 amide bonds. The van der Waals surface area contributed by atoms with Gasteiger partial charge in [0.05, 0.1) is 37.9 Å². The van der Waals surface area contributed by atoms with Crippen molar-refractivity contribution in [1.82, 2.24) is 51.2 Å². The molecule has 248 valence electrons. The normalized spacial score (nSPS) is 11.4. The first-order valence-corrected chi connectivity index (χ1v) is 14.4. The molecule has 0 radical (unpaired) electrons. The maximum atomic E-state index is 12.4. The fourth-order valence-corrected chi connectivity index (χ4v) is 4.15. The first kappa shape index (κ1) is 34.9. The van der Waals surface area contributed by atoms with Gasteiger partial charge in [-0.3, -0.25) is 9.59 Å². The number of benzene rings is 2. The van der Waals surface area contributed by atoms with E-state index in [1.54, 1.807) is 24.3 Å². The van der Waals surface area contributed by atoms with Crippen molar-refractivity contribution in [2.24, 2.45) is 0 Å². The van der Waals surface area contributed by atoms with E-state index in [0.29, 0.717) is 11.4 Å². The van der Waals surface area contributed by atoms with Gasteiger partial charge >= 0.3 is 11.9 Å². The Labute approximate surface area is 279 Å². The van der Waals surface area contributed by atoms with Crippen LogP contribution in [0, 0.1) is 11.3 Å². The van der Waals surface area contributed by atoms with E-state index in [2.05, 4.69) is 60.7 Å². The molecule has 5 rings (SSSR count). The Morgan fingerprint density at radius 2 is 1.16 bits per heavy atom. The van der Waals surface area contributed by atoms with Crippen LogP contribution in [0.15, 0.2) is 73.3 Å². The molecule has 0 saturated heterocycles. The number of carbonyl (C=O) groups is 4. The van der Waals surface area contributed by atoms with Crippen LogP contribution in [0.5, 0.6) is 0 Å². The molecule has 0 fully saturated rings. The second kappa shape index (κ2) is 16.6. The zero-order valence-corrected chi connectivity index (χ0v) is 26.6. The van der Waals surface area contributed by atoms with Crippen molar-refractivity contribution in [3.05, 3.63) is 113 Å². The second-order valence-electron chi connectivity index (χ2n) is 10.0. The quantitative estimate of drug-likeness (QED) is 0.192. The minimum atomic E-state index is -0.637. The molecule has 0 bridgehead atoms. The van der Waals surface area contributed by atoms with E-state index in [1.165, 1.54) is 26.4 Å². The Kier molecular flexibility index (Phi) is 11.8. The molecule has 0 aliphatic carbocycles. The number of hydrogen-bond donors (Lipinski definition) is 3. The third-order valence-electron chi connectivity index (χ3n) is 6.84. The summed E-state index contributed by atoms with van der Waals surface area (Å²) >= 11 is 0. The zero-order chi connectivity index (χ0) is 35.3. The molecule has 3 aromatic heterocycles. The minimum Gasteiger partial charge on any atom is -0.464 e. The lowest BCUT2D eigenvalue weighted by Crippen LogP contribution is -2.27. The summed E-state index contributed by atoms with van der Waals surface area (Å²) in [5, 5.41) is 28.1. The SMILES string of the molecule is COC(=O)c1cc(C(=O)N[C@@H](C)c2ccc(-c3nn[nH]n3)cc2)ncn1.COC(=O)c1cc(C(=O)N[C@@H](C)c2ccc(C#N)cc2)ncn1. The molecule has 0 aliphatic heterocycles. The molecule has 0 saturated carbocycles. The average molecular weight is 664 g/mol. The van der Waals surface area contributed by atoms with Crippen LogP contribution in [0.1, 0.15) is 84.6 Å². The summed E-state index contributed by atoms with van der Waals surface area (Å²) in [7, 11) is 2.47. The zero-order valence-electron chi connectivity index (χ0n) is 26.6. The topological polar surface area (TPSA) is 241 Å². The number of nitrogens with one attached hydrogen (secondary N) is 3. The summed E-state index contributed by atoms with van der Waals surface area (Å²) in [5.74, 6) is -1.64. The lowest BCUT2D eigenvalue weighted by Gasteiger charge is -2.14. The van der Waals surface area contributed by atoms with E-state index in [0.717, 1.165) is 29.3 Å². The number of H-pyrrole nitrogens is 1. The molecule has 17 nitrogen and oxygen atoms in total. The molecular weight excluding hydrogens is 634 g/mol. The van der Waals surface area contributed by atoms with E-state index in [-0.39, 0.29) is 34.9 Å². The number of tetrazole rings is 1. The van der Waals surface area contributed by atoms with Crippen molar-refractivity contribution >= 4 is 23.8 Å². The number of nitrogens with zero attached hydrogens (tertiary/aromatic N) is 8. The number of nitriles is 1. The maximum Gasteiger partial charge on any atom is 0.356 e. The molecule has 2 aromatic carbocycles. The fraction of sp³-hybridized carbons (Fsp3) is 0.188. The molecule has 0 aliphatic rings. The number of aromatic nitrogens is 8. The van der Waals surface area contributed by atoms with Gasteiger partial charge in [0.1, 0.15) is 24.0 Å². The number of hydrogen-bond acceptors (Lipinski definition) is 14. The number of amides is 2. The number of carbonyl (C=O) groups excluding carboxylic acids is 4. The number of aromatic amines is 1. The van der Waals surface area contributed by atoms with Crippen LogP contribution in [0.2, 0.25) is 0 Å². The molecule has 2 atom stereocenters. The van der Waals surface area contributed by atoms with Crippen molar-refractivity contribution in [3.63, 3.8) is 0 Å². The second-order valence-corrected chi connectivity index (χ2v) is 10.0. The van der Waals surface area contributed by atoms with Crippen LogP contribution in [-0.2, 0) is 9.47 Å². The van der Waals surface area contributed by atoms with Gasteiger partial charge in [-0.25, -0.2) is 29.5 Å². The largest absolute Gasteiger partial charge is 0.464 e. The Balaban J connectivity index is 0.000000223. The van der Waals surface area contributed by atoms with E-state index in [1.807, 2.05) is 44.2 Å². The van der Waals surface area contributed by atoms with Crippen molar-refractivity contribution in [2.45, 2.75) is 25.9 Å². The lowest BCUT2D eigenvalue weighted by molar-refractivity contribution is 0.0584. The molecule has 0 unspecified atom stereocenters.